The van der Waals surface area contributed by atoms with Gasteiger partial charge in [0.25, 0.3) is 0 Å². The molecule has 4 nitrogen and oxygen atoms in total. The maximum Gasteiger partial charge on any atom is 0.317 e. The smallest absolute Gasteiger partial charge is 0.317 e. The van der Waals surface area contributed by atoms with Crippen molar-refractivity contribution in [1.82, 2.24) is 15.5 Å². The number of amides is 2. The van der Waals surface area contributed by atoms with E-state index < -0.39 is 0 Å². The lowest BCUT2D eigenvalue weighted by molar-refractivity contribution is 0.196. The zero-order valence-corrected chi connectivity index (χ0v) is 9.34. The Balaban J connectivity index is 1.72. The first kappa shape index (κ1) is 11.4. The molecule has 0 aromatic carbocycles. The van der Waals surface area contributed by atoms with E-state index in [4.69, 9.17) is 0 Å². The number of nitrogens with zero attached hydrogens (tertiary/aromatic N) is 1. The third-order valence-electron chi connectivity index (χ3n) is 3.06. The predicted molar refractivity (Wildman–Crippen MR) is 59.8 cm³/mol. The molecule has 2 heterocycles. The maximum atomic E-state index is 13.0. The first-order valence-corrected chi connectivity index (χ1v) is 5.86. The fourth-order valence-electron chi connectivity index (χ4n) is 2.13. The standard InChI is InChI=1S/C11H18FN3O/c12-9-3-2-6-15(8-9)11(16)14-7-10-4-1-5-13-10/h3,10,13H,1-2,4-8H2,(H,14,16). The van der Waals surface area contributed by atoms with Crippen LogP contribution in [0.15, 0.2) is 11.9 Å². The van der Waals surface area contributed by atoms with E-state index in [9.17, 15) is 9.18 Å². The summed E-state index contributed by atoms with van der Waals surface area (Å²) >= 11 is 0. The topological polar surface area (TPSA) is 44.4 Å². The van der Waals surface area contributed by atoms with Crippen LogP contribution < -0.4 is 10.6 Å². The predicted octanol–water partition coefficient (Wildman–Crippen LogP) is 1.01. The van der Waals surface area contributed by atoms with Crippen LogP contribution in [0.5, 0.6) is 0 Å². The molecule has 16 heavy (non-hydrogen) atoms. The molecular weight excluding hydrogens is 209 g/mol. The second-order valence-electron chi connectivity index (χ2n) is 4.34. The minimum Gasteiger partial charge on any atom is -0.336 e. The monoisotopic (exact) mass is 227 g/mol. The Kier molecular flexibility index (Phi) is 3.77. The van der Waals surface area contributed by atoms with E-state index >= 15 is 0 Å². The molecule has 1 fully saturated rings. The molecule has 1 atom stereocenters. The van der Waals surface area contributed by atoms with E-state index in [2.05, 4.69) is 10.6 Å². The molecule has 1 unspecified atom stereocenters. The summed E-state index contributed by atoms with van der Waals surface area (Å²) in [6.07, 6.45) is 4.43. The zero-order valence-electron chi connectivity index (χ0n) is 9.34. The quantitative estimate of drug-likeness (QED) is 0.739. The van der Waals surface area contributed by atoms with E-state index in [0.29, 0.717) is 25.6 Å². The molecule has 2 rings (SSSR count). The second-order valence-corrected chi connectivity index (χ2v) is 4.34. The molecule has 5 heteroatoms. The Hall–Kier alpha value is -1.10. The third-order valence-corrected chi connectivity index (χ3v) is 3.06. The van der Waals surface area contributed by atoms with Gasteiger partial charge < -0.3 is 15.5 Å². The van der Waals surface area contributed by atoms with Crippen LogP contribution in [0.25, 0.3) is 0 Å². The highest BCUT2D eigenvalue weighted by Gasteiger charge is 2.20. The summed E-state index contributed by atoms with van der Waals surface area (Å²) in [7, 11) is 0. The maximum absolute atomic E-state index is 13.0. The summed E-state index contributed by atoms with van der Waals surface area (Å²) in [4.78, 5) is 13.2. The summed E-state index contributed by atoms with van der Waals surface area (Å²) in [6, 6.07) is 0.228. The van der Waals surface area contributed by atoms with Crippen molar-refractivity contribution >= 4 is 6.03 Å². The number of urea groups is 1. The minimum absolute atomic E-state index is 0.115. The van der Waals surface area contributed by atoms with Gasteiger partial charge in [-0.1, -0.05) is 0 Å². The number of halogens is 1. The lowest BCUT2D eigenvalue weighted by atomic mass is 10.2. The SMILES string of the molecule is O=C(NCC1CCCN1)N1CCC=C(F)C1. The largest absolute Gasteiger partial charge is 0.336 e. The first-order valence-electron chi connectivity index (χ1n) is 5.86. The first-order chi connectivity index (χ1) is 7.75. The molecule has 0 aromatic heterocycles. The summed E-state index contributed by atoms with van der Waals surface area (Å²) in [5.41, 5.74) is 0. The Labute approximate surface area is 94.9 Å². The number of hydrogen-bond donors (Lipinski definition) is 2. The van der Waals surface area contributed by atoms with Gasteiger partial charge >= 0.3 is 6.03 Å². The molecule has 2 amide bonds. The summed E-state index contributed by atoms with van der Waals surface area (Å²) in [5, 5.41) is 6.15. The Morgan fingerprint density at radius 3 is 3.25 bits per heavy atom. The zero-order chi connectivity index (χ0) is 11.4. The molecule has 2 aliphatic heterocycles. The Bertz CT molecular complexity index is 287. The van der Waals surface area contributed by atoms with Crippen molar-refractivity contribution in [2.75, 3.05) is 26.2 Å². The van der Waals surface area contributed by atoms with Gasteiger partial charge in [-0.25, -0.2) is 9.18 Å². The van der Waals surface area contributed by atoms with Crippen LogP contribution in [0.1, 0.15) is 19.3 Å². The minimum atomic E-state index is -0.208. The third kappa shape index (κ3) is 2.95. The molecular formula is C11H18FN3O. The molecule has 2 aliphatic rings. The van der Waals surface area contributed by atoms with Crippen molar-refractivity contribution in [3.63, 3.8) is 0 Å². The molecule has 2 N–H and O–H groups in total. The van der Waals surface area contributed by atoms with Crippen LogP contribution in [0.3, 0.4) is 0 Å². The summed E-state index contributed by atoms with van der Waals surface area (Å²) < 4.78 is 13.0. The number of carbonyl (C=O) groups excluding carboxylic acids is 1. The van der Waals surface area contributed by atoms with Crippen molar-refractivity contribution < 1.29 is 9.18 Å². The van der Waals surface area contributed by atoms with Crippen molar-refractivity contribution in [3.05, 3.63) is 11.9 Å². The Morgan fingerprint density at radius 1 is 1.69 bits per heavy atom. The van der Waals surface area contributed by atoms with Gasteiger partial charge in [-0.2, -0.15) is 0 Å². The van der Waals surface area contributed by atoms with E-state index in [1.165, 1.54) is 11.3 Å². The normalized spacial score (nSPS) is 25.4. The molecule has 0 bridgehead atoms. The van der Waals surface area contributed by atoms with Crippen molar-refractivity contribution in [1.29, 1.82) is 0 Å². The van der Waals surface area contributed by atoms with Gasteiger partial charge in [0.15, 0.2) is 0 Å². The van der Waals surface area contributed by atoms with Crippen LogP contribution in [0.4, 0.5) is 9.18 Å². The van der Waals surface area contributed by atoms with E-state index in [1.807, 2.05) is 0 Å². The fraction of sp³-hybridized carbons (Fsp3) is 0.727. The highest BCUT2D eigenvalue weighted by molar-refractivity contribution is 5.74. The van der Waals surface area contributed by atoms with Gasteiger partial charge in [0.2, 0.25) is 0 Å². The number of rotatable bonds is 2. The highest BCUT2D eigenvalue weighted by Crippen LogP contribution is 2.10. The van der Waals surface area contributed by atoms with Gasteiger partial charge in [0.05, 0.1) is 6.54 Å². The van der Waals surface area contributed by atoms with Gasteiger partial charge in [0.1, 0.15) is 5.83 Å². The highest BCUT2D eigenvalue weighted by atomic mass is 19.1. The number of carbonyl (C=O) groups is 1. The molecule has 0 aliphatic carbocycles. The van der Waals surface area contributed by atoms with E-state index in [0.717, 1.165) is 13.0 Å². The molecule has 90 valence electrons. The van der Waals surface area contributed by atoms with E-state index in [-0.39, 0.29) is 18.4 Å². The van der Waals surface area contributed by atoms with Gasteiger partial charge in [-0.15, -0.1) is 0 Å². The average molecular weight is 227 g/mol. The van der Waals surface area contributed by atoms with Crippen molar-refractivity contribution in [2.24, 2.45) is 0 Å². The number of hydrogen-bond acceptors (Lipinski definition) is 2. The van der Waals surface area contributed by atoms with Gasteiger partial charge in [-0.3, -0.25) is 0 Å². The Morgan fingerprint density at radius 2 is 2.56 bits per heavy atom. The van der Waals surface area contributed by atoms with Crippen molar-refractivity contribution in [2.45, 2.75) is 25.3 Å². The molecule has 0 saturated carbocycles. The van der Waals surface area contributed by atoms with E-state index in [1.54, 1.807) is 6.08 Å². The van der Waals surface area contributed by atoms with Gasteiger partial charge in [-0.05, 0) is 31.9 Å². The molecule has 0 spiro atoms. The molecule has 0 aromatic rings. The summed E-state index contributed by atoms with van der Waals surface area (Å²) in [5.74, 6) is -0.208. The van der Waals surface area contributed by atoms with Crippen LogP contribution in [0.2, 0.25) is 0 Å². The van der Waals surface area contributed by atoms with Gasteiger partial charge in [0, 0.05) is 19.1 Å². The van der Waals surface area contributed by atoms with Crippen LogP contribution in [-0.4, -0.2) is 43.2 Å². The number of nitrogens with one attached hydrogen (secondary N) is 2. The molecule has 1 saturated heterocycles. The lowest BCUT2D eigenvalue weighted by Gasteiger charge is -2.25. The summed E-state index contributed by atoms with van der Waals surface area (Å²) in [6.45, 7) is 2.39. The molecule has 0 radical (unpaired) electrons. The second kappa shape index (κ2) is 5.30. The average Bonchev–Trinajstić information content (AvgIpc) is 2.78. The fourth-order valence-corrected chi connectivity index (χ4v) is 2.13. The van der Waals surface area contributed by atoms with Crippen LogP contribution >= 0.6 is 0 Å². The lowest BCUT2D eigenvalue weighted by Crippen LogP contribution is -2.46. The van der Waals surface area contributed by atoms with Crippen molar-refractivity contribution in [3.8, 4) is 0 Å². The van der Waals surface area contributed by atoms with Crippen LogP contribution in [0, 0.1) is 0 Å². The van der Waals surface area contributed by atoms with Crippen LogP contribution in [-0.2, 0) is 0 Å².